The molecule has 23 heavy (non-hydrogen) atoms. The molecule has 1 amide bonds. The zero-order chi connectivity index (χ0) is 17.0. The Labute approximate surface area is 141 Å². The first-order chi connectivity index (χ1) is 10.7. The monoisotopic (exact) mass is 325 g/mol. The predicted molar refractivity (Wildman–Crippen MR) is 93.6 cm³/mol. The van der Waals surface area contributed by atoms with Crippen LogP contribution in [0.5, 0.6) is 0 Å². The summed E-state index contributed by atoms with van der Waals surface area (Å²) in [5.41, 5.74) is -0.414. The Morgan fingerprint density at radius 2 is 2.04 bits per heavy atom. The van der Waals surface area contributed by atoms with Crippen molar-refractivity contribution in [2.75, 3.05) is 33.2 Å². The lowest BCUT2D eigenvalue weighted by molar-refractivity contribution is 0.0214. The molecule has 2 heterocycles. The van der Waals surface area contributed by atoms with Crippen LogP contribution in [0, 0.1) is 5.92 Å². The standard InChI is InChI=1S/C18H35N3O2/c1-14(19-12-15-8-10-20(5)13-15)11-16-7-6-9-21(16)17(22)23-18(2,3)4/h14-16,19H,6-13H2,1-5H3. The van der Waals surface area contributed by atoms with Crippen LogP contribution in [0.2, 0.25) is 0 Å². The smallest absolute Gasteiger partial charge is 0.410 e. The topological polar surface area (TPSA) is 44.8 Å². The van der Waals surface area contributed by atoms with Gasteiger partial charge in [-0.15, -0.1) is 0 Å². The second-order valence-corrected chi connectivity index (χ2v) is 8.43. The van der Waals surface area contributed by atoms with Crippen LogP contribution in [-0.4, -0.2) is 66.8 Å². The third-order valence-corrected chi connectivity index (χ3v) is 4.87. The highest BCUT2D eigenvalue weighted by Gasteiger charge is 2.33. The van der Waals surface area contributed by atoms with E-state index in [0.717, 1.165) is 38.3 Å². The van der Waals surface area contributed by atoms with E-state index < -0.39 is 5.60 Å². The maximum atomic E-state index is 12.3. The van der Waals surface area contributed by atoms with Crippen LogP contribution in [0.1, 0.15) is 53.4 Å². The van der Waals surface area contributed by atoms with Gasteiger partial charge in [0.1, 0.15) is 5.60 Å². The minimum atomic E-state index is -0.414. The molecule has 0 spiro atoms. The van der Waals surface area contributed by atoms with Gasteiger partial charge in [0.25, 0.3) is 0 Å². The molecule has 0 aliphatic carbocycles. The summed E-state index contributed by atoms with van der Waals surface area (Å²) in [4.78, 5) is 16.7. The van der Waals surface area contributed by atoms with Crippen LogP contribution in [0.25, 0.3) is 0 Å². The number of amides is 1. The van der Waals surface area contributed by atoms with Crippen molar-refractivity contribution in [2.24, 2.45) is 5.92 Å². The molecular weight excluding hydrogens is 290 g/mol. The Hall–Kier alpha value is -0.810. The Kier molecular flexibility index (Phi) is 6.32. The summed E-state index contributed by atoms with van der Waals surface area (Å²) in [6, 6.07) is 0.757. The highest BCUT2D eigenvalue weighted by molar-refractivity contribution is 5.68. The average molecular weight is 325 g/mol. The summed E-state index contributed by atoms with van der Waals surface area (Å²) in [7, 11) is 2.20. The van der Waals surface area contributed by atoms with Gasteiger partial charge >= 0.3 is 6.09 Å². The first-order valence-corrected chi connectivity index (χ1v) is 9.16. The van der Waals surface area contributed by atoms with Crippen molar-refractivity contribution >= 4 is 6.09 Å². The molecule has 3 atom stereocenters. The minimum absolute atomic E-state index is 0.149. The van der Waals surface area contributed by atoms with Gasteiger partial charge in [-0.2, -0.15) is 0 Å². The predicted octanol–water partition coefficient (Wildman–Crippen LogP) is 2.71. The van der Waals surface area contributed by atoms with Gasteiger partial charge in [-0.3, -0.25) is 0 Å². The molecule has 0 aromatic rings. The third kappa shape index (κ3) is 5.96. The molecule has 5 nitrogen and oxygen atoms in total. The van der Waals surface area contributed by atoms with E-state index >= 15 is 0 Å². The lowest BCUT2D eigenvalue weighted by Gasteiger charge is -2.30. The number of carbonyl (C=O) groups excluding carboxylic acids is 1. The number of carbonyl (C=O) groups is 1. The van der Waals surface area contributed by atoms with E-state index in [2.05, 4.69) is 24.2 Å². The van der Waals surface area contributed by atoms with E-state index in [9.17, 15) is 4.79 Å². The van der Waals surface area contributed by atoms with Crippen LogP contribution in [0.3, 0.4) is 0 Å². The van der Waals surface area contributed by atoms with Crippen molar-refractivity contribution in [3.63, 3.8) is 0 Å². The van der Waals surface area contributed by atoms with Crippen LogP contribution < -0.4 is 5.32 Å². The van der Waals surface area contributed by atoms with E-state index in [0.29, 0.717) is 12.1 Å². The third-order valence-electron chi connectivity index (χ3n) is 4.87. The number of hydrogen-bond donors (Lipinski definition) is 1. The van der Waals surface area contributed by atoms with Gasteiger partial charge in [-0.05, 0) is 79.4 Å². The molecule has 5 heteroatoms. The Morgan fingerprint density at radius 1 is 1.30 bits per heavy atom. The number of likely N-dealkylation sites (tertiary alicyclic amines) is 2. The number of nitrogens with one attached hydrogen (secondary N) is 1. The molecule has 2 saturated heterocycles. The molecule has 2 rings (SSSR count). The molecule has 0 saturated carbocycles. The molecule has 0 radical (unpaired) electrons. The molecule has 0 bridgehead atoms. The molecule has 2 fully saturated rings. The average Bonchev–Trinajstić information content (AvgIpc) is 3.03. The molecule has 3 unspecified atom stereocenters. The van der Waals surface area contributed by atoms with E-state index in [4.69, 9.17) is 4.74 Å². The van der Waals surface area contributed by atoms with Gasteiger partial charge in [0.05, 0.1) is 0 Å². The van der Waals surface area contributed by atoms with Gasteiger partial charge in [-0.1, -0.05) is 0 Å². The fourth-order valence-electron chi connectivity index (χ4n) is 3.69. The second-order valence-electron chi connectivity index (χ2n) is 8.43. The van der Waals surface area contributed by atoms with E-state index in [1.807, 2.05) is 25.7 Å². The van der Waals surface area contributed by atoms with Crippen molar-refractivity contribution in [2.45, 2.75) is 71.1 Å². The van der Waals surface area contributed by atoms with Crippen molar-refractivity contribution in [3.05, 3.63) is 0 Å². The van der Waals surface area contributed by atoms with Crippen LogP contribution in [-0.2, 0) is 4.74 Å². The van der Waals surface area contributed by atoms with Crippen LogP contribution >= 0.6 is 0 Å². The molecule has 0 aromatic heterocycles. The summed E-state index contributed by atoms with van der Waals surface area (Å²) < 4.78 is 5.55. The number of rotatable bonds is 5. The molecule has 2 aliphatic heterocycles. The Balaban J connectivity index is 1.75. The summed E-state index contributed by atoms with van der Waals surface area (Å²) >= 11 is 0. The fourth-order valence-corrected chi connectivity index (χ4v) is 3.69. The zero-order valence-electron chi connectivity index (χ0n) is 15.6. The summed E-state index contributed by atoms with van der Waals surface area (Å²) in [5, 5.41) is 3.67. The van der Waals surface area contributed by atoms with E-state index in [1.165, 1.54) is 19.5 Å². The van der Waals surface area contributed by atoms with E-state index in [-0.39, 0.29) is 6.09 Å². The first kappa shape index (κ1) is 18.5. The number of ether oxygens (including phenoxy) is 1. The molecule has 2 aliphatic rings. The lowest BCUT2D eigenvalue weighted by atomic mass is 10.0. The van der Waals surface area contributed by atoms with Crippen molar-refractivity contribution in [1.82, 2.24) is 15.1 Å². The van der Waals surface area contributed by atoms with E-state index in [1.54, 1.807) is 0 Å². The molecule has 0 aromatic carbocycles. The quantitative estimate of drug-likeness (QED) is 0.844. The maximum Gasteiger partial charge on any atom is 0.410 e. The summed E-state index contributed by atoms with van der Waals surface area (Å²) in [6.45, 7) is 12.4. The zero-order valence-corrected chi connectivity index (χ0v) is 15.6. The minimum Gasteiger partial charge on any atom is -0.444 e. The van der Waals surface area contributed by atoms with Gasteiger partial charge in [0.15, 0.2) is 0 Å². The first-order valence-electron chi connectivity index (χ1n) is 9.16. The van der Waals surface area contributed by atoms with Crippen LogP contribution in [0.4, 0.5) is 4.79 Å². The second kappa shape index (κ2) is 7.84. The van der Waals surface area contributed by atoms with Crippen molar-refractivity contribution in [3.8, 4) is 0 Å². The summed E-state index contributed by atoms with van der Waals surface area (Å²) in [6.07, 6.45) is 4.34. The maximum absolute atomic E-state index is 12.3. The van der Waals surface area contributed by atoms with Crippen LogP contribution in [0.15, 0.2) is 0 Å². The normalized spacial score (nSPS) is 27.4. The largest absolute Gasteiger partial charge is 0.444 e. The molecule has 1 N–H and O–H groups in total. The number of hydrogen-bond acceptors (Lipinski definition) is 4. The SMILES string of the molecule is CC(CC1CCCN1C(=O)OC(C)(C)C)NCC1CCN(C)C1. The molecule has 134 valence electrons. The summed E-state index contributed by atoms with van der Waals surface area (Å²) in [5.74, 6) is 0.771. The Morgan fingerprint density at radius 3 is 2.65 bits per heavy atom. The van der Waals surface area contributed by atoms with Gasteiger partial charge in [-0.25, -0.2) is 4.79 Å². The lowest BCUT2D eigenvalue weighted by Crippen LogP contribution is -2.43. The fraction of sp³-hybridized carbons (Fsp3) is 0.944. The Bertz CT molecular complexity index is 394. The van der Waals surface area contributed by atoms with Gasteiger partial charge < -0.3 is 19.9 Å². The highest BCUT2D eigenvalue weighted by Crippen LogP contribution is 2.24. The number of nitrogens with zero attached hydrogens (tertiary/aromatic N) is 2. The highest BCUT2D eigenvalue weighted by atomic mass is 16.6. The molecular formula is C18H35N3O2. The van der Waals surface area contributed by atoms with Gasteiger partial charge in [0.2, 0.25) is 0 Å². The van der Waals surface area contributed by atoms with Gasteiger partial charge in [0, 0.05) is 25.2 Å². The van der Waals surface area contributed by atoms with Crippen molar-refractivity contribution in [1.29, 1.82) is 0 Å². The van der Waals surface area contributed by atoms with Crippen molar-refractivity contribution < 1.29 is 9.53 Å².